The van der Waals surface area contributed by atoms with E-state index in [-0.39, 0.29) is 35.0 Å². The van der Waals surface area contributed by atoms with Gasteiger partial charge in [-0.25, -0.2) is 0 Å². The van der Waals surface area contributed by atoms with Crippen LogP contribution >= 0.6 is 0 Å². The van der Waals surface area contributed by atoms with Crippen LogP contribution in [0.15, 0.2) is 91.1 Å². The lowest BCUT2D eigenvalue weighted by molar-refractivity contribution is -0.629. The molecule has 0 fully saturated rings. The van der Waals surface area contributed by atoms with Crippen LogP contribution in [0, 0.1) is 15.3 Å². The largest absolute Gasteiger partial charge is 0.618 e. The number of hydrogen-bond donors (Lipinski definition) is 0. The van der Waals surface area contributed by atoms with E-state index in [0.717, 1.165) is 29.3 Å². The summed E-state index contributed by atoms with van der Waals surface area (Å²) in [6, 6.07) is 21.9. The number of pyridine rings is 1. The molecule has 0 unspecified atom stereocenters. The first-order valence-corrected chi connectivity index (χ1v) is 11.6. The van der Waals surface area contributed by atoms with Crippen molar-refractivity contribution in [2.45, 2.75) is 25.8 Å². The second kappa shape index (κ2) is 11.6. The Labute approximate surface area is 220 Å². The molecule has 39 heavy (non-hydrogen) atoms. The van der Waals surface area contributed by atoms with Crippen LogP contribution in [-0.2, 0) is 25.8 Å². The molecule has 0 radical (unpaired) electrons. The Morgan fingerprint density at radius 3 is 2.03 bits per heavy atom. The van der Waals surface area contributed by atoms with Crippen molar-refractivity contribution in [3.8, 4) is 11.5 Å². The van der Waals surface area contributed by atoms with E-state index < -0.39 is 40.2 Å². The van der Waals surface area contributed by atoms with Gasteiger partial charge in [-0.05, 0) is 23.3 Å². The molecular formula is C28H21F3N2O6. The van der Waals surface area contributed by atoms with Crippen LogP contribution in [0.5, 0.6) is 11.5 Å². The third kappa shape index (κ3) is 6.69. The maximum absolute atomic E-state index is 13.5. The number of rotatable bonds is 10. The quantitative estimate of drug-likeness (QED) is 0.0827. The molecule has 1 aromatic heterocycles. The third-order valence-corrected chi connectivity index (χ3v) is 5.68. The molecule has 0 N–H and O–H groups in total. The number of aromatic nitrogens is 1. The zero-order valence-corrected chi connectivity index (χ0v) is 20.3. The minimum atomic E-state index is -5.01. The topological polar surface area (TPSA) is 106 Å². The van der Waals surface area contributed by atoms with Crippen molar-refractivity contribution in [1.29, 1.82) is 0 Å². The van der Waals surface area contributed by atoms with Crippen molar-refractivity contribution in [2.24, 2.45) is 0 Å². The minimum Gasteiger partial charge on any atom is -0.618 e. The molecule has 4 aromatic rings. The molecule has 0 spiro atoms. The van der Waals surface area contributed by atoms with Gasteiger partial charge >= 0.3 is 17.6 Å². The van der Waals surface area contributed by atoms with Crippen LogP contribution in [0.25, 0.3) is 0 Å². The smallest absolute Gasteiger partial charge is 0.479 e. The molecule has 0 saturated carbocycles. The van der Waals surface area contributed by atoms with Crippen LogP contribution in [0.4, 0.5) is 18.9 Å². The molecule has 3 aromatic carbocycles. The van der Waals surface area contributed by atoms with Crippen molar-refractivity contribution in [3.05, 3.63) is 134 Å². The van der Waals surface area contributed by atoms with Crippen molar-refractivity contribution < 1.29 is 37.1 Å². The average Bonchev–Trinajstić information content (AvgIpc) is 2.91. The summed E-state index contributed by atoms with van der Waals surface area (Å²) in [5, 5.41) is 23.8. The molecule has 0 atom stereocenters. The summed E-state index contributed by atoms with van der Waals surface area (Å²) in [6.45, 7) is -0.0659. The lowest BCUT2D eigenvalue weighted by Crippen LogP contribution is -2.38. The highest BCUT2D eigenvalue weighted by molar-refractivity contribution is 5.99. The molecule has 0 aliphatic carbocycles. The predicted octanol–water partition coefficient (Wildman–Crippen LogP) is 5.83. The molecule has 200 valence electrons. The van der Waals surface area contributed by atoms with E-state index in [1.807, 2.05) is 0 Å². The Morgan fingerprint density at radius 2 is 1.46 bits per heavy atom. The summed E-state index contributed by atoms with van der Waals surface area (Å²) in [6.07, 6.45) is -5.16. The lowest BCUT2D eigenvalue weighted by atomic mass is 10.0. The number of carbonyl (C=O) groups excluding carboxylic acids is 1. The Morgan fingerprint density at radius 1 is 0.872 bits per heavy atom. The van der Waals surface area contributed by atoms with Gasteiger partial charge < -0.3 is 14.7 Å². The zero-order chi connectivity index (χ0) is 28.0. The van der Waals surface area contributed by atoms with Gasteiger partial charge in [-0.1, -0.05) is 60.7 Å². The Balaban J connectivity index is 1.72. The van der Waals surface area contributed by atoms with Gasteiger partial charge in [-0.15, -0.1) is 0 Å². The van der Waals surface area contributed by atoms with E-state index in [0.29, 0.717) is 6.20 Å². The standard InChI is InChI=1S/C28H21F3N2O6/c29-28(30,31)27-21(12-7-13-32(27)35)15-24(34)22-14-23(33(36)37)26(39-18-20-10-5-2-6-11-20)25(16-22)38-17-19-8-3-1-4-9-19/h1-14,16H,15,17-18H2. The van der Waals surface area contributed by atoms with Crippen LogP contribution in [0.2, 0.25) is 0 Å². The Hall–Kier alpha value is -4.93. The van der Waals surface area contributed by atoms with Gasteiger partial charge in [0.2, 0.25) is 5.75 Å². The first kappa shape index (κ1) is 27.1. The number of ketones is 1. The van der Waals surface area contributed by atoms with Crippen LogP contribution in [0.1, 0.15) is 32.7 Å². The van der Waals surface area contributed by atoms with E-state index >= 15 is 0 Å². The number of hydrogen-bond acceptors (Lipinski definition) is 6. The van der Waals surface area contributed by atoms with Crippen molar-refractivity contribution in [1.82, 2.24) is 0 Å². The summed E-state index contributed by atoms with van der Waals surface area (Å²) < 4.78 is 51.7. The third-order valence-electron chi connectivity index (χ3n) is 5.68. The number of halogens is 3. The van der Waals surface area contributed by atoms with E-state index in [1.54, 1.807) is 60.7 Å². The molecule has 0 amide bonds. The molecule has 8 nitrogen and oxygen atoms in total. The van der Waals surface area contributed by atoms with Gasteiger partial charge in [0.1, 0.15) is 13.2 Å². The normalized spacial score (nSPS) is 11.2. The summed E-state index contributed by atoms with van der Waals surface area (Å²) >= 11 is 0. The van der Waals surface area contributed by atoms with Gasteiger partial charge in [0, 0.05) is 29.7 Å². The van der Waals surface area contributed by atoms with Crippen LogP contribution in [-0.4, -0.2) is 10.7 Å². The van der Waals surface area contributed by atoms with Crippen molar-refractivity contribution in [2.75, 3.05) is 0 Å². The summed E-state index contributed by atoms with van der Waals surface area (Å²) in [5.41, 5.74) is -1.52. The minimum absolute atomic E-state index is 0.0234. The summed E-state index contributed by atoms with van der Waals surface area (Å²) in [5.74, 6) is -1.24. The van der Waals surface area contributed by atoms with E-state index in [1.165, 1.54) is 6.07 Å². The second-order valence-electron chi connectivity index (χ2n) is 8.43. The molecule has 1 heterocycles. The van der Waals surface area contributed by atoms with E-state index in [2.05, 4.69) is 0 Å². The van der Waals surface area contributed by atoms with E-state index in [4.69, 9.17) is 9.47 Å². The zero-order valence-electron chi connectivity index (χ0n) is 20.3. The van der Waals surface area contributed by atoms with Gasteiger partial charge in [0.05, 0.1) is 4.92 Å². The SMILES string of the molecule is O=C(Cc1ccc[n+]([O-])c1C(F)(F)F)c1cc(OCc2ccccc2)c(OCc2ccccc2)c([N+](=O)[O-])c1. The predicted molar refractivity (Wildman–Crippen MR) is 133 cm³/mol. The molecule has 11 heteroatoms. The first-order valence-electron chi connectivity index (χ1n) is 11.6. The van der Waals surface area contributed by atoms with Crippen molar-refractivity contribution >= 4 is 11.5 Å². The number of carbonyl (C=O) groups is 1. The first-order chi connectivity index (χ1) is 18.6. The molecule has 0 aliphatic rings. The van der Waals surface area contributed by atoms with Gasteiger partial charge in [-0.3, -0.25) is 14.9 Å². The van der Waals surface area contributed by atoms with Crippen LogP contribution < -0.4 is 14.2 Å². The maximum Gasteiger partial charge on any atom is 0.479 e. The van der Waals surface area contributed by atoms with E-state index in [9.17, 15) is 33.3 Å². The fourth-order valence-electron chi connectivity index (χ4n) is 3.86. The van der Waals surface area contributed by atoms with Gasteiger partial charge in [0.25, 0.3) is 0 Å². The Kier molecular flexibility index (Phi) is 8.09. The molecule has 0 saturated heterocycles. The highest BCUT2D eigenvalue weighted by Gasteiger charge is 2.43. The highest BCUT2D eigenvalue weighted by Crippen LogP contribution is 2.40. The average molecular weight is 538 g/mol. The van der Waals surface area contributed by atoms with Gasteiger partial charge in [0.15, 0.2) is 17.7 Å². The number of benzene rings is 3. The number of Topliss-reactive ketones (excluding diaryl/α,β-unsaturated/α-hetero) is 1. The van der Waals surface area contributed by atoms with Crippen LogP contribution in [0.3, 0.4) is 0 Å². The lowest BCUT2D eigenvalue weighted by Gasteiger charge is -2.15. The number of nitro groups is 1. The maximum atomic E-state index is 13.5. The molecule has 4 rings (SSSR count). The summed E-state index contributed by atoms with van der Waals surface area (Å²) in [4.78, 5) is 24.3. The fourth-order valence-corrected chi connectivity index (χ4v) is 3.86. The highest BCUT2D eigenvalue weighted by atomic mass is 19.4. The molecular weight excluding hydrogens is 517 g/mol. The Bertz CT molecular complexity index is 1480. The number of nitrogens with zero attached hydrogens (tertiary/aromatic N) is 2. The number of nitro benzene ring substituents is 1. The second-order valence-corrected chi connectivity index (χ2v) is 8.43. The van der Waals surface area contributed by atoms with Crippen molar-refractivity contribution in [3.63, 3.8) is 0 Å². The summed E-state index contributed by atoms with van der Waals surface area (Å²) in [7, 11) is 0. The monoisotopic (exact) mass is 538 g/mol. The molecule has 0 aliphatic heterocycles. The number of ether oxygens (including phenoxy) is 2. The molecule has 0 bridgehead atoms. The van der Waals surface area contributed by atoms with Gasteiger partial charge in [-0.2, -0.15) is 17.9 Å². The number of alkyl halides is 3. The fraction of sp³-hybridized carbons (Fsp3) is 0.143.